The fourth-order valence-electron chi connectivity index (χ4n) is 5.09. The number of nitrogens with two attached hydrogens (primary N) is 1. The van der Waals surface area contributed by atoms with Crippen molar-refractivity contribution in [3.8, 4) is 5.75 Å². The van der Waals surface area contributed by atoms with Crippen LogP contribution in [-0.4, -0.2) is 36.5 Å². The maximum absolute atomic E-state index is 12.5. The van der Waals surface area contributed by atoms with Gasteiger partial charge in [-0.25, -0.2) is 4.79 Å². The highest BCUT2D eigenvalue weighted by Gasteiger charge is 2.71. The highest BCUT2D eigenvalue weighted by atomic mass is 16.6. The molecular weight excluding hydrogens is 404 g/mol. The lowest BCUT2D eigenvalue weighted by molar-refractivity contribution is -0.281. The minimum atomic E-state index is -1.57. The zero-order chi connectivity index (χ0) is 23.9. The summed E-state index contributed by atoms with van der Waals surface area (Å²) in [7, 11) is 3.89. The first-order valence-corrected chi connectivity index (χ1v) is 11.0. The number of aliphatic hydroxyl groups is 1. The van der Waals surface area contributed by atoms with Gasteiger partial charge in [0.1, 0.15) is 17.0 Å². The third kappa shape index (κ3) is 3.71. The molecular formula is C26H36N2O4. The lowest BCUT2D eigenvalue weighted by Gasteiger charge is -2.61. The molecule has 6 nitrogen and oxygen atoms in total. The number of fused-ring (bicyclic) bond motifs is 1. The molecule has 1 aliphatic rings. The molecule has 3 N–H and O–H groups in total. The predicted molar refractivity (Wildman–Crippen MR) is 127 cm³/mol. The van der Waals surface area contributed by atoms with E-state index in [1.165, 1.54) is 0 Å². The summed E-state index contributed by atoms with van der Waals surface area (Å²) in [6.07, 6.45) is -0.0445. The van der Waals surface area contributed by atoms with Crippen LogP contribution in [0.15, 0.2) is 48.5 Å². The summed E-state index contributed by atoms with van der Waals surface area (Å²) in [5.41, 5.74) is 3.47. The standard InChI is InChI=1S/C26H36N2O4/c1-23(2,3)26(32-22(27)29)20-14-13-19(28(6)7)17-21(20)31-24(4,5)25(26,30)16-15-18-11-9-8-10-12-18/h8-14,17,30H,15-16H2,1-7H3,(H2,27,29)/t25-,26-/m1/s1. The van der Waals surface area contributed by atoms with Gasteiger partial charge in [-0.15, -0.1) is 0 Å². The largest absolute Gasteiger partial charge is 0.484 e. The van der Waals surface area contributed by atoms with Crippen molar-refractivity contribution >= 4 is 11.8 Å². The van der Waals surface area contributed by atoms with Crippen LogP contribution in [0.4, 0.5) is 10.5 Å². The monoisotopic (exact) mass is 440 g/mol. The Hall–Kier alpha value is -2.73. The summed E-state index contributed by atoms with van der Waals surface area (Å²) < 4.78 is 12.4. The maximum Gasteiger partial charge on any atom is 0.405 e. The SMILES string of the molecule is CN(C)c1ccc2c(c1)OC(C)(C)[C@](O)(CCc1ccccc1)[C@]2(OC(N)=O)C(C)(C)C. The van der Waals surface area contributed by atoms with Gasteiger partial charge in [0.25, 0.3) is 0 Å². The number of rotatable bonds is 5. The van der Waals surface area contributed by atoms with Crippen LogP contribution in [0.1, 0.15) is 52.2 Å². The number of aryl methyl sites for hydroxylation is 1. The van der Waals surface area contributed by atoms with Crippen molar-refractivity contribution in [1.29, 1.82) is 0 Å². The van der Waals surface area contributed by atoms with Gasteiger partial charge in [-0.05, 0) is 44.4 Å². The molecule has 3 rings (SSSR count). The van der Waals surface area contributed by atoms with E-state index in [0.29, 0.717) is 24.2 Å². The van der Waals surface area contributed by atoms with Gasteiger partial charge in [0.2, 0.25) is 0 Å². The number of nitrogens with zero attached hydrogens (tertiary/aromatic N) is 1. The molecule has 2 atom stereocenters. The Labute approximate surface area is 191 Å². The van der Waals surface area contributed by atoms with Crippen LogP contribution < -0.4 is 15.4 Å². The molecule has 0 saturated carbocycles. The van der Waals surface area contributed by atoms with Crippen molar-refractivity contribution in [3.63, 3.8) is 0 Å². The van der Waals surface area contributed by atoms with Crippen LogP contribution in [0, 0.1) is 5.41 Å². The first kappa shape index (κ1) is 23.9. The molecule has 0 bridgehead atoms. The van der Waals surface area contributed by atoms with Crippen molar-refractivity contribution in [2.75, 3.05) is 19.0 Å². The number of hydrogen-bond acceptors (Lipinski definition) is 5. The molecule has 6 heteroatoms. The minimum absolute atomic E-state index is 0.309. The van der Waals surface area contributed by atoms with Gasteiger partial charge in [-0.1, -0.05) is 51.1 Å². The van der Waals surface area contributed by atoms with Gasteiger partial charge in [-0.3, -0.25) is 0 Å². The zero-order valence-corrected chi connectivity index (χ0v) is 20.2. The number of carbonyl (C=O) groups excluding carboxylic acids is 1. The maximum atomic E-state index is 12.5. The Kier molecular flexibility index (Phi) is 5.98. The number of hydrogen-bond donors (Lipinski definition) is 2. The number of primary amides is 1. The summed E-state index contributed by atoms with van der Waals surface area (Å²) in [5.74, 6) is 0.571. The Morgan fingerprint density at radius 1 is 1.12 bits per heavy atom. The second-order valence-corrected chi connectivity index (χ2v) is 10.4. The molecule has 2 aromatic rings. The van der Waals surface area contributed by atoms with Gasteiger partial charge < -0.3 is 25.2 Å². The Bertz CT molecular complexity index is 981. The fourth-order valence-corrected chi connectivity index (χ4v) is 5.09. The molecule has 1 heterocycles. The Morgan fingerprint density at radius 2 is 1.75 bits per heavy atom. The summed E-state index contributed by atoms with van der Waals surface area (Å²) in [6.45, 7) is 9.54. The number of anilines is 1. The smallest absolute Gasteiger partial charge is 0.405 e. The van der Waals surface area contributed by atoms with E-state index in [2.05, 4.69) is 0 Å². The molecule has 32 heavy (non-hydrogen) atoms. The van der Waals surface area contributed by atoms with Gasteiger partial charge in [0, 0.05) is 36.8 Å². The summed E-state index contributed by atoms with van der Waals surface area (Å²) in [6, 6.07) is 15.7. The molecule has 174 valence electrons. The lowest BCUT2D eigenvalue weighted by atomic mass is 9.55. The first-order chi connectivity index (χ1) is 14.7. The van der Waals surface area contributed by atoms with E-state index in [1.807, 2.05) is 102 Å². The second-order valence-electron chi connectivity index (χ2n) is 10.4. The molecule has 0 saturated heterocycles. The number of carbonyl (C=O) groups is 1. The number of ether oxygens (including phenoxy) is 2. The van der Waals surface area contributed by atoms with Crippen LogP contribution in [0.3, 0.4) is 0 Å². The van der Waals surface area contributed by atoms with E-state index in [9.17, 15) is 9.90 Å². The molecule has 0 aromatic heterocycles. The summed E-state index contributed by atoms with van der Waals surface area (Å²) >= 11 is 0. The zero-order valence-electron chi connectivity index (χ0n) is 20.2. The van der Waals surface area contributed by atoms with Crippen molar-refractivity contribution in [2.45, 2.75) is 64.3 Å². The minimum Gasteiger partial charge on any atom is -0.484 e. The van der Waals surface area contributed by atoms with E-state index in [-0.39, 0.29) is 0 Å². The van der Waals surface area contributed by atoms with Crippen LogP contribution >= 0.6 is 0 Å². The molecule has 2 aromatic carbocycles. The van der Waals surface area contributed by atoms with Crippen molar-refractivity contribution in [3.05, 3.63) is 59.7 Å². The molecule has 0 unspecified atom stereocenters. The van der Waals surface area contributed by atoms with E-state index in [0.717, 1.165) is 11.3 Å². The molecule has 0 fully saturated rings. The number of amides is 1. The highest BCUT2D eigenvalue weighted by Crippen LogP contribution is 2.61. The highest BCUT2D eigenvalue weighted by molar-refractivity contribution is 5.67. The van der Waals surface area contributed by atoms with Crippen LogP contribution in [0.5, 0.6) is 5.75 Å². The summed E-state index contributed by atoms with van der Waals surface area (Å²) in [5, 5.41) is 12.5. The van der Waals surface area contributed by atoms with Crippen LogP contribution in [0.2, 0.25) is 0 Å². The molecule has 0 radical (unpaired) electrons. The van der Waals surface area contributed by atoms with Crippen molar-refractivity contribution < 1.29 is 19.4 Å². The van der Waals surface area contributed by atoms with Gasteiger partial charge in [-0.2, -0.15) is 0 Å². The number of benzene rings is 2. The van der Waals surface area contributed by atoms with Crippen molar-refractivity contribution in [2.24, 2.45) is 11.1 Å². The summed E-state index contributed by atoms with van der Waals surface area (Å²) in [4.78, 5) is 14.3. The average Bonchev–Trinajstić information content (AvgIpc) is 2.69. The van der Waals surface area contributed by atoms with E-state index in [1.54, 1.807) is 0 Å². The fraction of sp³-hybridized carbons (Fsp3) is 0.500. The van der Waals surface area contributed by atoms with Crippen molar-refractivity contribution in [1.82, 2.24) is 0 Å². The van der Waals surface area contributed by atoms with E-state index >= 15 is 0 Å². The third-order valence-electron chi connectivity index (χ3n) is 6.73. The molecule has 0 aliphatic carbocycles. The third-order valence-corrected chi connectivity index (χ3v) is 6.73. The molecule has 0 spiro atoms. The second kappa shape index (κ2) is 8.00. The van der Waals surface area contributed by atoms with E-state index < -0.39 is 28.3 Å². The molecule has 1 aliphatic heterocycles. The van der Waals surface area contributed by atoms with Gasteiger partial charge in [0.05, 0.1) is 0 Å². The Balaban J connectivity index is 2.28. The predicted octanol–water partition coefficient (Wildman–Crippen LogP) is 4.62. The topological polar surface area (TPSA) is 85.0 Å². The lowest BCUT2D eigenvalue weighted by Crippen LogP contribution is -2.73. The van der Waals surface area contributed by atoms with Gasteiger partial charge in [0.15, 0.2) is 5.60 Å². The average molecular weight is 441 g/mol. The van der Waals surface area contributed by atoms with Crippen LogP contribution in [0.25, 0.3) is 0 Å². The molecule has 1 amide bonds. The quantitative estimate of drug-likeness (QED) is 0.708. The Morgan fingerprint density at radius 3 is 2.28 bits per heavy atom. The normalized spacial score (nSPS) is 24.2. The van der Waals surface area contributed by atoms with Gasteiger partial charge >= 0.3 is 6.09 Å². The van der Waals surface area contributed by atoms with Crippen LogP contribution in [-0.2, 0) is 16.8 Å². The first-order valence-electron chi connectivity index (χ1n) is 11.0. The van der Waals surface area contributed by atoms with E-state index in [4.69, 9.17) is 15.2 Å².